The van der Waals surface area contributed by atoms with Crippen LogP contribution in [0, 0.1) is 0 Å². The van der Waals surface area contributed by atoms with Crippen molar-refractivity contribution in [3.63, 3.8) is 0 Å². The lowest BCUT2D eigenvalue weighted by Crippen LogP contribution is -2.41. The maximum atomic E-state index is 12.0. The highest BCUT2D eigenvalue weighted by Crippen LogP contribution is 2.18. The zero-order chi connectivity index (χ0) is 15.2. The van der Waals surface area contributed by atoms with Crippen molar-refractivity contribution in [2.75, 3.05) is 0 Å². The summed E-state index contributed by atoms with van der Waals surface area (Å²) in [6.07, 6.45) is 4.44. The number of benzene rings is 1. The highest BCUT2D eigenvalue weighted by Gasteiger charge is 2.21. The van der Waals surface area contributed by atoms with Crippen molar-refractivity contribution < 1.29 is 14.3 Å². The topological polar surface area (TPSA) is 55.4 Å². The Morgan fingerprint density at radius 3 is 2.43 bits per heavy atom. The van der Waals surface area contributed by atoms with Crippen LogP contribution in [0.4, 0.5) is 0 Å². The SMILES string of the molecule is CC(=O)Cc1ccc(OC(C)C(=O)NC2CCCC2)cc1. The molecule has 1 unspecified atom stereocenters. The number of Topliss-reactive ketones (excluding diaryl/α,β-unsaturated/α-hetero) is 1. The number of hydrogen-bond acceptors (Lipinski definition) is 3. The highest BCUT2D eigenvalue weighted by atomic mass is 16.5. The average molecular weight is 289 g/mol. The highest BCUT2D eigenvalue weighted by molar-refractivity contribution is 5.81. The molecule has 0 aliphatic heterocycles. The van der Waals surface area contributed by atoms with Gasteiger partial charge in [0.25, 0.3) is 5.91 Å². The second-order valence-electron chi connectivity index (χ2n) is 5.77. The van der Waals surface area contributed by atoms with Crippen molar-refractivity contribution in [2.45, 2.75) is 58.1 Å². The number of nitrogens with one attached hydrogen (secondary N) is 1. The van der Waals surface area contributed by atoms with Gasteiger partial charge in [-0.05, 0) is 44.4 Å². The Labute approximate surface area is 125 Å². The van der Waals surface area contributed by atoms with Crippen LogP contribution in [-0.4, -0.2) is 23.8 Å². The molecule has 1 amide bonds. The Balaban J connectivity index is 1.84. The Morgan fingerprint density at radius 2 is 1.86 bits per heavy atom. The molecule has 4 heteroatoms. The summed E-state index contributed by atoms with van der Waals surface area (Å²) in [7, 11) is 0. The van der Waals surface area contributed by atoms with Crippen LogP contribution in [0.15, 0.2) is 24.3 Å². The van der Waals surface area contributed by atoms with E-state index in [9.17, 15) is 9.59 Å². The number of amides is 1. The molecule has 0 aromatic heterocycles. The Kier molecular flexibility index (Phi) is 5.37. The molecule has 0 saturated heterocycles. The molecule has 2 rings (SSSR count). The smallest absolute Gasteiger partial charge is 0.260 e. The summed E-state index contributed by atoms with van der Waals surface area (Å²) < 4.78 is 5.65. The van der Waals surface area contributed by atoms with Crippen LogP contribution in [0.1, 0.15) is 45.1 Å². The molecular weight excluding hydrogens is 266 g/mol. The third kappa shape index (κ3) is 4.88. The molecule has 1 atom stereocenters. The van der Waals surface area contributed by atoms with Crippen molar-refractivity contribution in [3.05, 3.63) is 29.8 Å². The molecule has 1 aromatic carbocycles. The molecule has 0 spiro atoms. The molecule has 1 N–H and O–H groups in total. The van der Waals surface area contributed by atoms with E-state index in [0.29, 0.717) is 18.2 Å². The summed E-state index contributed by atoms with van der Waals surface area (Å²) in [4.78, 5) is 23.1. The van der Waals surface area contributed by atoms with Gasteiger partial charge in [0.2, 0.25) is 0 Å². The molecule has 1 aliphatic rings. The Hall–Kier alpha value is -1.84. The molecular formula is C17H23NO3. The van der Waals surface area contributed by atoms with Crippen molar-refractivity contribution in [1.29, 1.82) is 0 Å². The maximum absolute atomic E-state index is 12.0. The minimum atomic E-state index is -0.510. The van der Waals surface area contributed by atoms with Crippen molar-refractivity contribution in [2.24, 2.45) is 0 Å². The van der Waals surface area contributed by atoms with Crippen LogP contribution in [0.25, 0.3) is 0 Å². The zero-order valence-electron chi connectivity index (χ0n) is 12.7. The van der Waals surface area contributed by atoms with E-state index in [-0.39, 0.29) is 11.7 Å². The third-order valence-corrected chi connectivity index (χ3v) is 3.76. The molecule has 1 aromatic rings. The summed E-state index contributed by atoms with van der Waals surface area (Å²) >= 11 is 0. The number of ether oxygens (including phenoxy) is 1. The summed E-state index contributed by atoms with van der Waals surface area (Å²) in [6.45, 7) is 3.33. The first kappa shape index (κ1) is 15.5. The van der Waals surface area contributed by atoms with E-state index in [0.717, 1.165) is 18.4 Å². The molecule has 0 heterocycles. The van der Waals surface area contributed by atoms with Crippen LogP contribution >= 0.6 is 0 Å². The molecule has 1 aliphatic carbocycles. The number of carbonyl (C=O) groups is 2. The summed E-state index contributed by atoms with van der Waals surface area (Å²) in [5.74, 6) is 0.721. The van der Waals surface area contributed by atoms with Crippen LogP contribution in [-0.2, 0) is 16.0 Å². The van der Waals surface area contributed by atoms with E-state index in [1.807, 2.05) is 12.1 Å². The standard InChI is InChI=1S/C17H23NO3/c1-12(19)11-14-7-9-16(10-8-14)21-13(2)17(20)18-15-5-3-4-6-15/h7-10,13,15H,3-6,11H2,1-2H3,(H,18,20). The van der Waals surface area contributed by atoms with Gasteiger partial charge in [-0.15, -0.1) is 0 Å². The van der Waals surface area contributed by atoms with Gasteiger partial charge in [-0.25, -0.2) is 0 Å². The number of carbonyl (C=O) groups excluding carboxylic acids is 2. The first-order chi connectivity index (χ1) is 10.0. The quantitative estimate of drug-likeness (QED) is 0.876. The number of rotatable bonds is 6. The van der Waals surface area contributed by atoms with E-state index in [1.54, 1.807) is 26.0 Å². The van der Waals surface area contributed by atoms with Crippen LogP contribution in [0.5, 0.6) is 5.75 Å². The number of ketones is 1. The van der Waals surface area contributed by atoms with Crippen LogP contribution in [0.2, 0.25) is 0 Å². The fourth-order valence-corrected chi connectivity index (χ4v) is 2.62. The van der Waals surface area contributed by atoms with E-state index < -0.39 is 6.10 Å². The van der Waals surface area contributed by atoms with Crippen LogP contribution in [0.3, 0.4) is 0 Å². The predicted octanol–water partition coefficient (Wildman–Crippen LogP) is 2.64. The minimum absolute atomic E-state index is 0.0605. The number of hydrogen-bond donors (Lipinski definition) is 1. The fraction of sp³-hybridized carbons (Fsp3) is 0.529. The fourth-order valence-electron chi connectivity index (χ4n) is 2.62. The largest absolute Gasteiger partial charge is 0.481 e. The molecule has 0 bridgehead atoms. The van der Waals surface area contributed by atoms with Crippen molar-refractivity contribution in [3.8, 4) is 5.75 Å². The molecule has 21 heavy (non-hydrogen) atoms. The van der Waals surface area contributed by atoms with Gasteiger partial charge < -0.3 is 10.1 Å². The third-order valence-electron chi connectivity index (χ3n) is 3.76. The maximum Gasteiger partial charge on any atom is 0.260 e. The van der Waals surface area contributed by atoms with Crippen molar-refractivity contribution in [1.82, 2.24) is 5.32 Å². The van der Waals surface area contributed by atoms with E-state index in [1.165, 1.54) is 12.8 Å². The summed E-state index contributed by atoms with van der Waals surface area (Å²) in [5, 5.41) is 3.03. The normalized spacial score (nSPS) is 16.5. The van der Waals surface area contributed by atoms with Gasteiger partial charge >= 0.3 is 0 Å². The first-order valence-electron chi connectivity index (χ1n) is 7.60. The molecule has 0 radical (unpaired) electrons. The monoisotopic (exact) mass is 289 g/mol. The Bertz CT molecular complexity index is 489. The van der Waals surface area contributed by atoms with Gasteiger partial charge in [-0.1, -0.05) is 25.0 Å². The van der Waals surface area contributed by atoms with E-state index in [2.05, 4.69) is 5.32 Å². The lowest BCUT2D eigenvalue weighted by atomic mass is 10.1. The lowest BCUT2D eigenvalue weighted by molar-refractivity contribution is -0.128. The van der Waals surface area contributed by atoms with E-state index in [4.69, 9.17) is 4.74 Å². The van der Waals surface area contributed by atoms with Gasteiger partial charge in [-0.3, -0.25) is 9.59 Å². The first-order valence-corrected chi connectivity index (χ1v) is 7.60. The molecule has 114 valence electrons. The summed E-state index contributed by atoms with van der Waals surface area (Å²) in [5.41, 5.74) is 0.956. The summed E-state index contributed by atoms with van der Waals surface area (Å²) in [6, 6.07) is 7.63. The lowest BCUT2D eigenvalue weighted by Gasteiger charge is -2.18. The van der Waals surface area contributed by atoms with E-state index >= 15 is 0 Å². The van der Waals surface area contributed by atoms with Gasteiger partial charge in [0, 0.05) is 12.5 Å². The van der Waals surface area contributed by atoms with Gasteiger partial charge in [0.05, 0.1) is 0 Å². The van der Waals surface area contributed by atoms with Gasteiger partial charge in [-0.2, -0.15) is 0 Å². The molecule has 1 fully saturated rings. The molecule has 1 saturated carbocycles. The average Bonchev–Trinajstić information content (AvgIpc) is 2.93. The second kappa shape index (κ2) is 7.25. The Morgan fingerprint density at radius 1 is 1.24 bits per heavy atom. The van der Waals surface area contributed by atoms with Gasteiger partial charge in [0.15, 0.2) is 6.10 Å². The molecule has 4 nitrogen and oxygen atoms in total. The van der Waals surface area contributed by atoms with Crippen LogP contribution < -0.4 is 10.1 Å². The second-order valence-corrected chi connectivity index (χ2v) is 5.77. The van der Waals surface area contributed by atoms with Crippen molar-refractivity contribution >= 4 is 11.7 Å². The minimum Gasteiger partial charge on any atom is -0.481 e. The predicted molar refractivity (Wildman–Crippen MR) is 81.3 cm³/mol. The zero-order valence-corrected chi connectivity index (χ0v) is 12.7. The van der Waals surface area contributed by atoms with Gasteiger partial charge in [0.1, 0.15) is 11.5 Å².